The van der Waals surface area contributed by atoms with Crippen LogP contribution in [0.5, 0.6) is 0 Å². The van der Waals surface area contributed by atoms with Gasteiger partial charge in [-0.15, -0.1) is 0 Å². The quantitative estimate of drug-likeness (QED) is 0.269. The van der Waals surface area contributed by atoms with Gasteiger partial charge in [0.2, 0.25) is 12.3 Å². The molecule has 0 aliphatic carbocycles. The normalized spacial score (nSPS) is 18.1. The molecule has 0 spiro atoms. The van der Waals surface area contributed by atoms with Gasteiger partial charge in [-0.25, -0.2) is 4.39 Å². The molecular formula is C30H36FN5O3. The van der Waals surface area contributed by atoms with Crippen LogP contribution in [0.25, 0.3) is 0 Å². The van der Waals surface area contributed by atoms with Crippen LogP contribution in [0.4, 0.5) is 21.5 Å². The molecule has 2 atom stereocenters. The zero-order chi connectivity index (χ0) is 27.5. The van der Waals surface area contributed by atoms with Crippen LogP contribution in [0, 0.1) is 5.82 Å². The predicted molar refractivity (Wildman–Crippen MR) is 152 cm³/mol. The molecule has 0 saturated carbocycles. The molecule has 39 heavy (non-hydrogen) atoms. The van der Waals surface area contributed by atoms with Gasteiger partial charge in [0.05, 0.1) is 12.1 Å². The summed E-state index contributed by atoms with van der Waals surface area (Å²) in [6.45, 7) is 3.88. The molecule has 2 fully saturated rings. The molecule has 0 radical (unpaired) electrons. The van der Waals surface area contributed by atoms with Crippen LogP contribution in [0.15, 0.2) is 72.8 Å². The second-order valence-corrected chi connectivity index (χ2v) is 9.77. The summed E-state index contributed by atoms with van der Waals surface area (Å²) in [6, 6.07) is 21.7. The minimum absolute atomic E-state index is 0.000652. The highest BCUT2D eigenvalue weighted by Gasteiger charge is 2.21. The molecule has 2 saturated heterocycles. The summed E-state index contributed by atoms with van der Waals surface area (Å²) < 4.78 is 13.5. The lowest BCUT2D eigenvalue weighted by Crippen LogP contribution is -2.35. The number of hydrogen-bond acceptors (Lipinski definition) is 6. The van der Waals surface area contributed by atoms with Crippen molar-refractivity contribution in [2.24, 2.45) is 0 Å². The van der Waals surface area contributed by atoms with E-state index in [2.05, 4.69) is 26.2 Å². The second-order valence-electron chi connectivity index (χ2n) is 9.77. The molecule has 2 heterocycles. The van der Waals surface area contributed by atoms with Gasteiger partial charge in [0.25, 0.3) is 0 Å². The molecule has 5 rings (SSSR count). The fourth-order valence-corrected chi connectivity index (χ4v) is 4.58. The molecule has 8 nitrogen and oxygen atoms in total. The predicted octanol–water partition coefficient (Wildman–Crippen LogP) is 3.63. The third-order valence-corrected chi connectivity index (χ3v) is 6.75. The Labute approximate surface area is 228 Å². The van der Waals surface area contributed by atoms with Gasteiger partial charge in [-0.05, 0) is 92.0 Å². The number of nitrogens with one attached hydrogen (secondary N) is 4. The number of benzene rings is 3. The molecule has 2 unspecified atom stereocenters. The summed E-state index contributed by atoms with van der Waals surface area (Å²) >= 11 is 0. The molecule has 2 amide bonds. The van der Waals surface area contributed by atoms with Gasteiger partial charge in [0.1, 0.15) is 5.82 Å². The molecular weight excluding hydrogens is 497 g/mol. The van der Waals surface area contributed by atoms with Crippen LogP contribution in [-0.2, 0) is 22.7 Å². The highest BCUT2D eigenvalue weighted by Crippen LogP contribution is 2.22. The Bertz CT molecular complexity index is 1180. The Kier molecular flexibility index (Phi) is 10.4. The van der Waals surface area contributed by atoms with Crippen molar-refractivity contribution in [1.29, 1.82) is 0 Å². The van der Waals surface area contributed by atoms with E-state index in [0.29, 0.717) is 19.5 Å². The van der Waals surface area contributed by atoms with Crippen LogP contribution >= 0.6 is 0 Å². The molecule has 3 aromatic carbocycles. The largest absolute Gasteiger partial charge is 0.392 e. The zero-order valence-electron chi connectivity index (χ0n) is 21.9. The van der Waals surface area contributed by atoms with Crippen molar-refractivity contribution in [3.8, 4) is 0 Å². The lowest BCUT2D eigenvalue weighted by Gasteiger charge is -2.25. The number of aliphatic hydroxyl groups is 1. The number of hydrogen-bond donors (Lipinski definition) is 5. The van der Waals surface area contributed by atoms with Crippen LogP contribution < -0.4 is 26.2 Å². The first-order valence-corrected chi connectivity index (χ1v) is 13.3. The van der Waals surface area contributed by atoms with Gasteiger partial charge in [0.15, 0.2) is 0 Å². The first kappa shape index (κ1) is 28.2. The van der Waals surface area contributed by atoms with Crippen LogP contribution in [-0.4, -0.2) is 49.2 Å². The van der Waals surface area contributed by atoms with Crippen molar-refractivity contribution in [3.63, 3.8) is 0 Å². The van der Waals surface area contributed by atoms with E-state index < -0.39 is 0 Å². The van der Waals surface area contributed by atoms with Gasteiger partial charge < -0.3 is 31.3 Å². The van der Waals surface area contributed by atoms with Crippen LogP contribution in [0.3, 0.4) is 0 Å². The fraction of sp³-hybridized carbons (Fsp3) is 0.333. The number of β-amino-alcohol motifs (C(OH)–C–C–N with tert-alkyl or cyclic N) is 1. The lowest BCUT2D eigenvalue weighted by atomic mass is 10.1. The molecule has 206 valence electrons. The van der Waals surface area contributed by atoms with Crippen molar-refractivity contribution in [2.75, 3.05) is 35.2 Å². The van der Waals surface area contributed by atoms with Gasteiger partial charge in [-0.3, -0.25) is 9.59 Å². The molecule has 9 heteroatoms. The van der Waals surface area contributed by atoms with E-state index >= 15 is 0 Å². The number of halogens is 1. The number of nitrogens with zero attached hydrogens (tertiary/aromatic N) is 1. The maximum Gasteiger partial charge on any atom is 0.241 e. The number of carbonyl (C=O) groups excluding carboxylic acids is 2. The number of aliphatic hydroxyl groups excluding tert-OH is 1. The Morgan fingerprint density at radius 3 is 2.05 bits per heavy atom. The topological polar surface area (TPSA) is 106 Å². The van der Waals surface area contributed by atoms with Crippen molar-refractivity contribution >= 4 is 29.4 Å². The average Bonchev–Trinajstić information content (AvgIpc) is 3.66. The van der Waals surface area contributed by atoms with E-state index in [-0.39, 0.29) is 23.9 Å². The summed E-state index contributed by atoms with van der Waals surface area (Å²) in [7, 11) is 0. The van der Waals surface area contributed by atoms with Crippen molar-refractivity contribution in [2.45, 2.75) is 44.5 Å². The van der Waals surface area contributed by atoms with Crippen LogP contribution in [0.1, 0.15) is 30.4 Å². The Hall–Kier alpha value is -3.79. The molecule has 5 N–H and O–H groups in total. The zero-order valence-corrected chi connectivity index (χ0v) is 21.9. The van der Waals surface area contributed by atoms with Gasteiger partial charge in [-0.2, -0.15) is 0 Å². The van der Waals surface area contributed by atoms with Gasteiger partial charge >= 0.3 is 0 Å². The van der Waals surface area contributed by atoms with E-state index in [4.69, 9.17) is 5.11 Å². The Morgan fingerprint density at radius 2 is 1.56 bits per heavy atom. The number of anilines is 3. The number of rotatable bonds is 9. The summed E-state index contributed by atoms with van der Waals surface area (Å²) in [6.07, 6.45) is 3.40. The van der Waals surface area contributed by atoms with Gasteiger partial charge in [-0.1, -0.05) is 24.3 Å². The van der Waals surface area contributed by atoms with Crippen molar-refractivity contribution in [1.82, 2.24) is 10.6 Å². The Morgan fingerprint density at radius 1 is 0.923 bits per heavy atom. The van der Waals surface area contributed by atoms with Crippen molar-refractivity contribution in [3.05, 3.63) is 89.7 Å². The fourth-order valence-electron chi connectivity index (χ4n) is 4.58. The summed E-state index contributed by atoms with van der Waals surface area (Å²) in [4.78, 5) is 25.1. The molecule has 2 aliphatic rings. The average molecular weight is 534 g/mol. The van der Waals surface area contributed by atoms with E-state index in [1.54, 1.807) is 12.1 Å². The minimum atomic E-state index is -0.278. The maximum absolute atomic E-state index is 13.5. The smallest absolute Gasteiger partial charge is 0.241 e. The van der Waals surface area contributed by atoms with E-state index in [1.165, 1.54) is 12.1 Å². The summed E-state index contributed by atoms with van der Waals surface area (Å²) in [5.74, 6) is -0.277. The number of amides is 2. The highest BCUT2D eigenvalue weighted by molar-refractivity contribution is 5.95. The van der Waals surface area contributed by atoms with Crippen LogP contribution in [0.2, 0.25) is 0 Å². The van der Waals surface area contributed by atoms with Crippen molar-refractivity contribution < 1.29 is 19.1 Å². The lowest BCUT2D eigenvalue weighted by molar-refractivity contribution is -0.117. The molecule has 0 bridgehead atoms. The summed E-state index contributed by atoms with van der Waals surface area (Å²) in [5.41, 5.74) is 4.52. The Balaban J connectivity index is 0.000000519. The first-order chi connectivity index (χ1) is 19.0. The van der Waals surface area contributed by atoms with E-state index in [1.807, 2.05) is 48.5 Å². The van der Waals surface area contributed by atoms with Gasteiger partial charge in [0, 0.05) is 36.7 Å². The number of carbonyl (C=O) groups is 2. The summed E-state index contributed by atoms with van der Waals surface area (Å²) in [5, 5.41) is 20.5. The highest BCUT2D eigenvalue weighted by atomic mass is 19.1. The SMILES string of the molecule is O=CNc1ccc(CN(Cc2ccc(NC(=O)C3CCCN3)cc2)c2ccc(F)cc2)cc1.OC1CCNC1. The first-order valence-electron chi connectivity index (χ1n) is 13.3. The van der Waals surface area contributed by atoms with E-state index in [9.17, 15) is 14.0 Å². The minimum Gasteiger partial charge on any atom is -0.392 e. The maximum atomic E-state index is 13.5. The molecule has 0 aromatic heterocycles. The third-order valence-electron chi connectivity index (χ3n) is 6.75. The molecule has 2 aliphatic heterocycles. The molecule has 3 aromatic rings. The standard InChI is InChI=1S/C26H27FN4O2.C4H9NO/c27-21-7-13-24(14-8-21)31(16-19-3-9-22(10-4-19)29-18-32)17-20-5-11-23(12-6-20)30-26(33)25-2-1-15-28-25;6-4-1-2-5-3-4/h3-14,18,25,28H,1-2,15-17H2,(H,29,32)(H,30,33);4-6H,1-3H2. The van der Waals surface area contributed by atoms with E-state index in [0.717, 1.165) is 67.1 Å². The monoisotopic (exact) mass is 533 g/mol. The second kappa shape index (κ2) is 14.4. The third kappa shape index (κ3) is 8.88.